The summed E-state index contributed by atoms with van der Waals surface area (Å²) < 4.78 is 0. The summed E-state index contributed by atoms with van der Waals surface area (Å²) in [6, 6.07) is 8.91. The lowest BCUT2D eigenvalue weighted by Gasteiger charge is -2.26. The third kappa shape index (κ3) is 2.75. The predicted octanol–water partition coefficient (Wildman–Crippen LogP) is 4.72. The highest BCUT2D eigenvalue weighted by Crippen LogP contribution is 2.40. The van der Waals surface area contributed by atoms with Crippen LogP contribution in [0.4, 0.5) is 0 Å². The molecule has 1 saturated carbocycles. The second-order valence-corrected chi connectivity index (χ2v) is 6.78. The van der Waals surface area contributed by atoms with E-state index in [-0.39, 0.29) is 4.95 Å². The summed E-state index contributed by atoms with van der Waals surface area (Å²) in [4.78, 5) is 7.15. The Morgan fingerprint density at radius 2 is 2.10 bits per heavy atom. The van der Waals surface area contributed by atoms with Crippen LogP contribution in [0.2, 0.25) is 0 Å². The van der Waals surface area contributed by atoms with E-state index in [1.165, 1.54) is 29.4 Å². The molecule has 2 aliphatic rings. The Balaban J connectivity index is 1.63. The molecule has 2 heterocycles. The molecular weight excluding hydrogens is 324 g/mol. The van der Waals surface area contributed by atoms with E-state index in [0.717, 1.165) is 18.0 Å². The monoisotopic (exact) mass is 340 g/mol. The fraction of sp³-hybridized carbons (Fsp3) is 0.278. The van der Waals surface area contributed by atoms with E-state index < -0.39 is 0 Å². The van der Waals surface area contributed by atoms with Gasteiger partial charge in [0.05, 0.1) is 5.52 Å². The number of benzene rings is 1. The van der Waals surface area contributed by atoms with Crippen molar-refractivity contribution in [3.8, 4) is 0 Å². The lowest BCUT2D eigenvalue weighted by Crippen LogP contribution is -2.24. The zero-order valence-electron chi connectivity index (χ0n) is 11.7. The summed E-state index contributed by atoms with van der Waals surface area (Å²) >= 11 is 3.68. The van der Waals surface area contributed by atoms with Gasteiger partial charge < -0.3 is 4.90 Å². The predicted molar refractivity (Wildman–Crippen MR) is 90.3 cm³/mol. The van der Waals surface area contributed by atoms with Gasteiger partial charge in [0.2, 0.25) is 0 Å². The molecule has 0 saturated heterocycles. The lowest BCUT2D eigenvalue weighted by molar-refractivity contribution is 0.385. The standard InChI is InChI=1S/C18H17BrN2/c19-18-3-1-2-8-21(18)12-13-4-7-17-15(9-13)10-16(11-20-17)14-5-6-14/h1-4,7-11,14,18H,5-6,12H2. The number of fused-ring (bicyclic) bond motifs is 1. The summed E-state index contributed by atoms with van der Waals surface area (Å²) in [5, 5.41) is 1.26. The third-order valence-electron chi connectivity index (χ3n) is 4.16. The zero-order valence-corrected chi connectivity index (χ0v) is 13.3. The zero-order chi connectivity index (χ0) is 14.2. The molecule has 0 radical (unpaired) electrons. The van der Waals surface area contributed by atoms with Crippen molar-refractivity contribution in [2.75, 3.05) is 0 Å². The molecule has 1 aliphatic carbocycles. The fourth-order valence-corrected chi connectivity index (χ4v) is 3.25. The van der Waals surface area contributed by atoms with Gasteiger partial charge in [0, 0.05) is 24.3 Å². The normalized spacial score (nSPS) is 21.2. The van der Waals surface area contributed by atoms with Crippen LogP contribution >= 0.6 is 15.9 Å². The smallest absolute Gasteiger partial charge is 0.103 e. The molecule has 1 aromatic heterocycles. The fourth-order valence-electron chi connectivity index (χ4n) is 2.80. The van der Waals surface area contributed by atoms with Gasteiger partial charge in [-0.3, -0.25) is 4.98 Å². The summed E-state index contributed by atoms with van der Waals surface area (Å²) in [5.74, 6) is 0.757. The van der Waals surface area contributed by atoms with Crippen molar-refractivity contribution in [1.82, 2.24) is 9.88 Å². The van der Waals surface area contributed by atoms with Gasteiger partial charge in [-0.15, -0.1) is 0 Å². The summed E-state index contributed by atoms with van der Waals surface area (Å²) in [6.45, 7) is 0.903. The number of halogens is 1. The molecule has 0 N–H and O–H groups in total. The van der Waals surface area contributed by atoms with Crippen LogP contribution in [0.15, 0.2) is 54.9 Å². The molecule has 4 rings (SSSR count). The van der Waals surface area contributed by atoms with E-state index in [1.807, 2.05) is 6.20 Å². The van der Waals surface area contributed by atoms with Crippen molar-refractivity contribution < 1.29 is 0 Å². The van der Waals surface area contributed by atoms with Gasteiger partial charge in [0.15, 0.2) is 0 Å². The van der Waals surface area contributed by atoms with Crippen molar-refractivity contribution in [3.05, 3.63) is 66.0 Å². The van der Waals surface area contributed by atoms with Gasteiger partial charge >= 0.3 is 0 Å². The Labute approximate surface area is 133 Å². The lowest BCUT2D eigenvalue weighted by atomic mass is 10.1. The molecule has 1 unspecified atom stereocenters. The first-order valence-corrected chi connectivity index (χ1v) is 8.34. The molecule has 0 bridgehead atoms. The highest BCUT2D eigenvalue weighted by atomic mass is 79.9. The molecule has 0 amide bonds. The average Bonchev–Trinajstić information content (AvgIpc) is 3.34. The van der Waals surface area contributed by atoms with Gasteiger partial charge in [0.25, 0.3) is 0 Å². The van der Waals surface area contributed by atoms with Gasteiger partial charge in [-0.05, 0) is 54.2 Å². The molecular formula is C18H17BrN2. The van der Waals surface area contributed by atoms with Crippen LogP contribution in [-0.2, 0) is 6.54 Å². The van der Waals surface area contributed by atoms with Gasteiger partial charge in [-0.2, -0.15) is 0 Å². The first kappa shape index (κ1) is 13.1. The largest absolute Gasteiger partial charge is 0.357 e. The van der Waals surface area contributed by atoms with Crippen molar-refractivity contribution in [2.45, 2.75) is 30.3 Å². The van der Waals surface area contributed by atoms with Crippen LogP contribution in [0.5, 0.6) is 0 Å². The maximum absolute atomic E-state index is 4.60. The molecule has 1 atom stereocenters. The Morgan fingerprint density at radius 1 is 1.19 bits per heavy atom. The molecule has 1 aromatic carbocycles. The topological polar surface area (TPSA) is 16.1 Å². The number of rotatable bonds is 3. The minimum Gasteiger partial charge on any atom is -0.357 e. The van der Waals surface area contributed by atoms with Crippen molar-refractivity contribution in [2.24, 2.45) is 0 Å². The van der Waals surface area contributed by atoms with Crippen LogP contribution in [0.25, 0.3) is 10.9 Å². The first-order valence-electron chi connectivity index (χ1n) is 7.43. The molecule has 106 valence electrons. The van der Waals surface area contributed by atoms with Crippen molar-refractivity contribution in [1.29, 1.82) is 0 Å². The number of nitrogens with zero attached hydrogens (tertiary/aromatic N) is 2. The van der Waals surface area contributed by atoms with E-state index in [2.05, 4.69) is 74.5 Å². The molecule has 1 fully saturated rings. The summed E-state index contributed by atoms with van der Waals surface area (Å²) in [6.07, 6.45) is 13.1. The minimum absolute atomic E-state index is 0.272. The number of hydrogen-bond acceptors (Lipinski definition) is 2. The number of aromatic nitrogens is 1. The Kier molecular flexibility index (Phi) is 3.30. The summed E-state index contributed by atoms with van der Waals surface area (Å²) in [7, 11) is 0. The second kappa shape index (κ2) is 5.30. The highest BCUT2D eigenvalue weighted by Gasteiger charge is 2.23. The highest BCUT2D eigenvalue weighted by molar-refractivity contribution is 9.09. The Hall–Kier alpha value is -1.61. The molecule has 0 spiro atoms. The maximum Gasteiger partial charge on any atom is 0.103 e. The molecule has 2 aromatic rings. The number of hydrogen-bond donors (Lipinski definition) is 0. The molecule has 3 heteroatoms. The molecule has 21 heavy (non-hydrogen) atoms. The van der Waals surface area contributed by atoms with Crippen molar-refractivity contribution in [3.63, 3.8) is 0 Å². The van der Waals surface area contributed by atoms with E-state index >= 15 is 0 Å². The molecule has 1 aliphatic heterocycles. The van der Waals surface area contributed by atoms with E-state index in [9.17, 15) is 0 Å². The quantitative estimate of drug-likeness (QED) is 0.593. The average molecular weight is 341 g/mol. The van der Waals surface area contributed by atoms with Crippen LogP contribution in [0.1, 0.15) is 29.9 Å². The molecule has 2 nitrogen and oxygen atoms in total. The Bertz CT molecular complexity index is 731. The summed E-state index contributed by atoms with van der Waals surface area (Å²) in [5.41, 5.74) is 3.81. The minimum atomic E-state index is 0.272. The number of pyridine rings is 1. The van der Waals surface area contributed by atoms with E-state index in [1.54, 1.807) is 0 Å². The number of alkyl halides is 1. The third-order valence-corrected chi connectivity index (χ3v) is 4.99. The second-order valence-electron chi connectivity index (χ2n) is 5.84. The Morgan fingerprint density at radius 3 is 2.90 bits per heavy atom. The van der Waals surface area contributed by atoms with Crippen LogP contribution in [0.3, 0.4) is 0 Å². The SMILES string of the molecule is BrC1C=CC=CN1Cc1ccc2ncc(C3CC3)cc2c1. The van der Waals surface area contributed by atoms with Gasteiger partial charge in [0.1, 0.15) is 4.95 Å². The number of allylic oxidation sites excluding steroid dienone is 2. The van der Waals surface area contributed by atoms with Crippen molar-refractivity contribution >= 4 is 26.8 Å². The van der Waals surface area contributed by atoms with E-state index in [0.29, 0.717) is 0 Å². The van der Waals surface area contributed by atoms with Gasteiger partial charge in [-0.25, -0.2) is 0 Å². The van der Waals surface area contributed by atoms with Crippen LogP contribution < -0.4 is 0 Å². The van der Waals surface area contributed by atoms with E-state index in [4.69, 9.17) is 0 Å². The van der Waals surface area contributed by atoms with Crippen LogP contribution in [0, 0.1) is 0 Å². The first-order chi connectivity index (χ1) is 10.3. The maximum atomic E-state index is 4.60. The van der Waals surface area contributed by atoms with Gasteiger partial charge in [-0.1, -0.05) is 34.1 Å². The van der Waals surface area contributed by atoms with Crippen LogP contribution in [-0.4, -0.2) is 14.8 Å².